The Kier molecular flexibility index (Phi) is 11.3. The summed E-state index contributed by atoms with van der Waals surface area (Å²) >= 11 is 0. The molecule has 7 nitrogen and oxygen atoms in total. The second-order valence-electron chi connectivity index (χ2n) is 7.26. The first-order valence-electron chi connectivity index (χ1n) is 10.0. The molecule has 1 aliphatic heterocycles. The Morgan fingerprint density at radius 1 is 1.28 bits per heavy atom. The van der Waals surface area contributed by atoms with Crippen LogP contribution >= 0.6 is 24.0 Å². The van der Waals surface area contributed by atoms with Crippen LogP contribution in [0.15, 0.2) is 29.3 Å². The first-order chi connectivity index (χ1) is 13.4. The molecule has 0 atom stereocenters. The first-order valence-corrected chi connectivity index (χ1v) is 11.6. The minimum absolute atomic E-state index is 0. The van der Waals surface area contributed by atoms with E-state index in [1.54, 1.807) is 18.3 Å². The maximum Gasteiger partial charge on any atom is 0.213 e. The Balaban J connectivity index is 0.00000420. The molecule has 0 saturated carbocycles. The van der Waals surface area contributed by atoms with E-state index in [9.17, 15) is 8.42 Å². The molecule has 0 amide bonds. The lowest BCUT2D eigenvalue weighted by atomic mass is 10.0. The molecule has 1 saturated heterocycles. The van der Waals surface area contributed by atoms with Crippen LogP contribution in [-0.4, -0.2) is 63.8 Å². The van der Waals surface area contributed by atoms with E-state index in [0.717, 1.165) is 24.6 Å². The second kappa shape index (κ2) is 12.6. The zero-order valence-electron chi connectivity index (χ0n) is 17.8. The molecule has 0 spiro atoms. The number of benzene rings is 1. The third-order valence-electron chi connectivity index (χ3n) is 4.97. The number of nitrogens with one attached hydrogen (secondary N) is 2. The minimum Gasteiger partial charge on any atom is -0.491 e. The van der Waals surface area contributed by atoms with E-state index >= 15 is 0 Å². The van der Waals surface area contributed by atoms with Crippen LogP contribution < -0.4 is 15.4 Å². The molecule has 1 fully saturated rings. The number of halogens is 1. The van der Waals surface area contributed by atoms with Gasteiger partial charge in [0.25, 0.3) is 0 Å². The van der Waals surface area contributed by atoms with Crippen LogP contribution in [0.25, 0.3) is 0 Å². The van der Waals surface area contributed by atoms with Gasteiger partial charge in [-0.2, -0.15) is 0 Å². The highest BCUT2D eigenvalue weighted by molar-refractivity contribution is 14.0. The number of para-hydroxylation sites is 1. The molecular formula is C20H35IN4O3S. The lowest BCUT2D eigenvalue weighted by molar-refractivity contribution is 0.303. The Labute approximate surface area is 192 Å². The van der Waals surface area contributed by atoms with Crippen molar-refractivity contribution < 1.29 is 13.2 Å². The lowest BCUT2D eigenvalue weighted by Crippen LogP contribution is -2.50. The van der Waals surface area contributed by atoms with Crippen molar-refractivity contribution in [2.45, 2.75) is 45.6 Å². The van der Waals surface area contributed by atoms with Crippen molar-refractivity contribution in [3.63, 3.8) is 0 Å². The fourth-order valence-electron chi connectivity index (χ4n) is 3.27. The minimum atomic E-state index is -3.09. The Morgan fingerprint density at radius 2 is 1.93 bits per heavy atom. The molecule has 1 aromatic carbocycles. The normalized spacial score (nSPS) is 16.4. The molecular weight excluding hydrogens is 503 g/mol. The Morgan fingerprint density at radius 3 is 2.52 bits per heavy atom. The number of rotatable bonds is 8. The van der Waals surface area contributed by atoms with Crippen LogP contribution in [0.3, 0.4) is 0 Å². The van der Waals surface area contributed by atoms with Gasteiger partial charge in [0.05, 0.1) is 12.3 Å². The Bertz CT molecular complexity index is 748. The van der Waals surface area contributed by atoms with Gasteiger partial charge in [0.2, 0.25) is 10.0 Å². The number of guanidine groups is 1. The summed E-state index contributed by atoms with van der Waals surface area (Å²) in [7, 11) is -1.35. The fraction of sp³-hybridized carbons (Fsp3) is 0.650. The molecule has 1 heterocycles. The number of nitrogens with zero attached hydrogens (tertiary/aromatic N) is 2. The largest absolute Gasteiger partial charge is 0.491 e. The third kappa shape index (κ3) is 7.93. The van der Waals surface area contributed by atoms with Gasteiger partial charge < -0.3 is 15.4 Å². The quantitative estimate of drug-likeness (QED) is 0.230. The second-order valence-corrected chi connectivity index (χ2v) is 9.52. The van der Waals surface area contributed by atoms with Gasteiger partial charge in [0, 0.05) is 26.2 Å². The van der Waals surface area contributed by atoms with Gasteiger partial charge in [0.1, 0.15) is 12.4 Å². The van der Waals surface area contributed by atoms with Crippen molar-refractivity contribution in [1.82, 2.24) is 14.9 Å². The van der Waals surface area contributed by atoms with E-state index < -0.39 is 10.0 Å². The van der Waals surface area contributed by atoms with Gasteiger partial charge in [-0.1, -0.05) is 32.0 Å². The van der Waals surface area contributed by atoms with Crippen molar-refractivity contribution in [3.05, 3.63) is 29.8 Å². The molecule has 9 heteroatoms. The zero-order chi connectivity index (χ0) is 20.6. The summed E-state index contributed by atoms with van der Waals surface area (Å²) in [6, 6.07) is 8.33. The molecule has 166 valence electrons. The zero-order valence-corrected chi connectivity index (χ0v) is 21.0. The van der Waals surface area contributed by atoms with Gasteiger partial charge in [-0.15, -0.1) is 24.0 Å². The van der Waals surface area contributed by atoms with Gasteiger partial charge in [0.15, 0.2) is 5.96 Å². The van der Waals surface area contributed by atoms with E-state index in [0.29, 0.717) is 32.2 Å². The van der Waals surface area contributed by atoms with E-state index in [4.69, 9.17) is 4.74 Å². The van der Waals surface area contributed by atoms with Gasteiger partial charge in [-0.05, 0) is 37.3 Å². The van der Waals surface area contributed by atoms with E-state index in [1.807, 2.05) is 18.2 Å². The molecule has 0 aliphatic carbocycles. The maximum absolute atomic E-state index is 12.0. The number of sulfonamides is 1. The molecule has 0 radical (unpaired) electrons. The average Bonchev–Trinajstić information content (AvgIpc) is 2.70. The highest BCUT2D eigenvalue weighted by atomic mass is 127. The predicted octanol–water partition coefficient (Wildman–Crippen LogP) is 2.79. The monoisotopic (exact) mass is 538 g/mol. The summed E-state index contributed by atoms with van der Waals surface area (Å²) in [5.41, 5.74) is 1.21. The van der Waals surface area contributed by atoms with Crippen LogP contribution in [0.2, 0.25) is 0 Å². The summed E-state index contributed by atoms with van der Waals surface area (Å²) in [4.78, 5) is 4.26. The summed E-state index contributed by atoms with van der Waals surface area (Å²) < 4.78 is 31.4. The SMILES string of the molecule is CCS(=O)(=O)N1CCC(NC(=NC)NCCOc2ccccc2C(C)C)CC1.I. The van der Waals surface area contributed by atoms with Gasteiger partial charge in [-0.25, -0.2) is 12.7 Å². The summed E-state index contributed by atoms with van der Waals surface area (Å²) in [5, 5.41) is 6.66. The van der Waals surface area contributed by atoms with Crippen LogP contribution in [0.5, 0.6) is 5.75 Å². The number of aliphatic imine (C=N–C) groups is 1. The van der Waals surface area contributed by atoms with Crippen LogP contribution in [0.1, 0.15) is 45.1 Å². The van der Waals surface area contributed by atoms with E-state index in [2.05, 4.69) is 35.5 Å². The average molecular weight is 538 g/mol. The van der Waals surface area contributed by atoms with E-state index in [1.165, 1.54) is 5.56 Å². The molecule has 1 aromatic rings. The number of hydrogen-bond acceptors (Lipinski definition) is 4. The summed E-state index contributed by atoms with van der Waals surface area (Å²) in [5.74, 6) is 2.22. The maximum atomic E-state index is 12.0. The Hall–Kier alpha value is -1.07. The van der Waals surface area contributed by atoms with Crippen LogP contribution in [-0.2, 0) is 10.0 Å². The molecule has 2 N–H and O–H groups in total. The van der Waals surface area contributed by atoms with Crippen LogP contribution in [0.4, 0.5) is 0 Å². The van der Waals surface area contributed by atoms with Crippen LogP contribution in [0, 0.1) is 0 Å². The van der Waals surface area contributed by atoms with Gasteiger partial charge >= 0.3 is 0 Å². The van der Waals surface area contributed by atoms with Gasteiger partial charge in [-0.3, -0.25) is 4.99 Å². The van der Waals surface area contributed by atoms with Crippen molar-refractivity contribution in [2.24, 2.45) is 4.99 Å². The molecule has 0 aromatic heterocycles. The molecule has 0 unspecified atom stereocenters. The molecule has 2 rings (SSSR count). The van der Waals surface area contributed by atoms with Crippen molar-refractivity contribution in [3.8, 4) is 5.75 Å². The van der Waals surface area contributed by atoms with Crippen molar-refractivity contribution in [2.75, 3.05) is 39.0 Å². The smallest absolute Gasteiger partial charge is 0.213 e. The molecule has 0 bridgehead atoms. The standard InChI is InChI=1S/C20H34N4O3S.HI/c1-5-28(25,26)24-13-10-17(11-14-24)23-20(21-4)22-12-15-27-19-9-7-6-8-18(19)16(2)3;/h6-9,16-17H,5,10-15H2,1-4H3,(H2,21,22,23);1H. The van der Waals surface area contributed by atoms with Crippen molar-refractivity contribution in [1.29, 1.82) is 0 Å². The number of piperidine rings is 1. The topological polar surface area (TPSA) is 83.0 Å². The highest BCUT2D eigenvalue weighted by Gasteiger charge is 2.26. The number of hydrogen-bond donors (Lipinski definition) is 2. The third-order valence-corrected chi connectivity index (χ3v) is 6.85. The predicted molar refractivity (Wildman–Crippen MR) is 130 cm³/mol. The molecule has 29 heavy (non-hydrogen) atoms. The van der Waals surface area contributed by atoms with E-state index in [-0.39, 0.29) is 35.8 Å². The van der Waals surface area contributed by atoms with Crippen molar-refractivity contribution >= 4 is 40.0 Å². The fourth-order valence-corrected chi connectivity index (χ4v) is 4.40. The number of ether oxygens (including phenoxy) is 1. The lowest BCUT2D eigenvalue weighted by Gasteiger charge is -2.32. The highest BCUT2D eigenvalue weighted by Crippen LogP contribution is 2.25. The summed E-state index contributed by atoms with van der Waals surface area (Å²) in [6.07, 6.45) is 1.55. The molecule has 1 aliphatic rings. The first kappa shape index (κ1) is 26.0. The summed E-state index contributed by atoms with van der Waals surface area (Å²) in [6.45, 7) is 8.28.